The molecule has 0 saturated heterocycles. The second-order valence-electron chi connectivity index (χ2n) is 4.39. The van der Waals surface area contributed by atoms with Crippen LogP contribution < -0.4 is 0 Å². The SMILES string of the molecule is O=C(c1ccccc1)[C@H](Br)[C@H](Br)c1cccc([N+](=O)[O-])c1. The van der Waals surface area contributed by atoms with E-state index in [-0.39, 0.29) is 16.3 Å². The lowest BCUT2D eigenvalue weighted by atomic mass is 10.0. The van der Waals surface area contributed by atoms with Gasteiger partial charge in [-0.05, 0) is 5.56 Å². The van der Waals surface area contributed by atoms with Crippen molar-refractivity contribution in [1.82, 2.24) is 0 Å². The quantitative estimate of drug-likeness (QED) is 0.310. The molecule has 2 aromatic carbocycles. The molecule has 2 aromatic rings. The van der Waals surface area contributed by atoms with Gasteiger partial charge < -0.3 is 0 Å². The summed E-state index contributed by atoms with van der Waals surface area (Å²) in [5.74, 6) is -0.0796. The number of non-ortho nitro benzene ring substituents is 1. The summed E-state index contributed by atoms with van der Waals surface area (Å²) in [6, 6.07) is 15.2. The van der Waals surface area contributed by atoms with Crippen molar-refractivity contribution in [2.24, 2.45) is 0 Å². The minimum atomic E-state index is -0.512. The average Bonchev–Trinajstić information content (AvgIpc) is 2.53. The van der Waals surface area contributed by atoms with Gasteiger partial charge in [-0.3, -0.25) is 14.9 Å². The Balaban J connectivity index is 2.23. The predicted octanol–water partition coefficient (Wildman–Crippen LogP) is 4.68. The van der Waals surface area contributed by atoms with Crippen LogP contribution in [0.2, 0.25) is 0 Å². The summed E-state index contributed by atoms with van der Waals surface area (Å²) in [6.07, 6.45) is 0. The fourth-order valence-electron chi connectivity index (χ4n) is 1.87. The van der Waals surface area contributed by atoms with Gasteiger partial charge in [-0.25, -0.2) is 0 Å². The number of carbonyl (C=O) groups is 1. The van der Waals surface area contributed by atoms with Crippen LogP contribution in [-0.4, -0.2) is 15.5 Å². The van der Waals surface area contributed by atoms with Gasteiger partial charge in [0.2, 0.25) is 0 Å². The molecule has 0 bridgehead atoms. The van der Waals surface area contributed by atoms with Gasteiger partial charge in [0.1, 0.15) is 0 Å². The van der Waals surface area contributed by atoms with Gasteiger partial charge in [-0.2, -0.15) is 0 Å². The van der Waals surface area contributed by atoms with E-state index in [9.17, 15) is 14.9 Å². The van der Waals surface area contributed by atoms with Crippen molar-refractivity contribution in [2.45, 2.75) is 9.65 Å². The lowest BCUT2D eigenvalue weighted by Crippen LogP contribution is -2.19. The van der Waals surface area contributed by atoms with Gasteiger partial charge >= 0.3 is 0 Å². The standard InChI is InChI=1S/C15H11Br2NO3/c16-13(11-7-4-8-12(9-11)18(20)21)14(17)15(19)10-5-2-1-3-6-10/h1-9,13-14H/t13-,14-/m1/s1. The molecule has 0 radical (unpaired) electrons. The van der Waals surface area contributed by atoms with Crippen molar-refractivity contribution in [3.05, 3.63) is 75.8 Å². The van der Waals surface area contributed by atoms with Crippen molar-refractivity contribution in [3.63, 3.8) is 0 Å². The van der Waals surface area contributed by atoms with Gasteiger partial charge in [0.25, 0.3) is 5.69 Å². The highest BCUT2D eigenvalue weighted by Crippen LogP contribution is 2.34. The van der Waals surface area contributed by atoms with E-state index in [0.717, 1.165) is 0 Å². The van der Waals surface area contributed by atoms with E-state index >= 15 is 0 Å². The van der Waals surface area contributed by atoms with Crippen molar-refractivity contribution in [3.8, 4) is 0 Å². The van der Waals surface area contributed by atoms with E-state index in [1.165, 1.54) is 12.1 Å². The fourth-order valence-corrected chi connectivity index (χ4v) is 2.97. The molecule has 0 saturated carbocycles. The second-order valence-corrected chi connectivity index (χ2v) is 6.36. The Labute approximate surface area is 138 Å². The van der Waals surface area contributed by atoms with Crippen molar-refractivity contribution >= 4 is 43.3 Å². The average molecular weight is 413 g/mol. The van der Waals surface area contributed by atoms with Gasteiger partial charge in [0.05, 0.1) is 14.6 Å². The summed E-state index contributed by atoms with van der Waals surface area (Å²) in [4.78, 5) is 21.9. The lowest BCUT2D eigenvalue weighted by molar-refractivity contribution is -0.384. The Morgan fingerprint density at radius 1 is 1.05 bits per heavy atom. The lowest BCUT2D eigenvalue weighted by Gasteiger charge is -2.16. The number of carbonyl (C=O) groups excluding carboxylic acids is 1. The molecular weight excluding hydrogens is 402 g/mol. The molecule has 21 heavy (non-hydrogen) atoms. The van der Waals surface area contributed by atoms with E-state index in [2.05, 4.69) is 31.9 Å². The number of hydrogen-bond acceptors (Lipinski definition) is 3. The largest absolute Gasteiger partial charge is 0.293 e. The van der Waals surface area contributed by atoms with Crippen LogP contribution in [0.4, 0.5) is 5.69 Å². The van der Waals surface area contributed by atoms with Crippen LogP contribution in [0.15, 0.2) is 54.6 Å². The topological polar surface area (TPSA) is 60.2 Å². The molecule has 0 amide bonds. The molecule has 0 heterocycles. The molecule has 108 valence electrons. The number of nitrogens with zero attached hydrogens (tertiary/aromatic N) is 1. The normalized spacial score (nSPS) is 13.4. The summed E-state index contributed by atoms with van der Waals surface area (Å²) in [5.41, 5.74) is 1.27. The Morgan fingerprint density at radius 2 is 1.71 bits per heavy atom. The summed E-state index contributed by atoms with van der Waals surface area (Å²) in [7, 11) is 0. The zero-order chi connectivity index (χ0) is 15.4. The third-order valence-electron chi connectivity index (χ3n) is 2.97. The Morgan fingerprint density at radius 3 is 2.33 bits per heavy atom. The smallest absolute Gasteiger partial charge is 0.269 e. The minimum absolute atomic E-state index is 0.00353. The number of nitro benzene ring substituents is 1. The second kappa shape index (κ2) is 6.95. The molecule has 4 nitrogen and oxygen atoms in total. The Bertz CT molecular complexity index is 661. The zero-order valence-electron chi connectivity index (χ0n) is 10.8. The number of halogens is 2. The van der Waals surface area contributed by atoms with E-state index in [0.29, 0.717) is 11.1 Å². The van der Waals surface area contributed by atoms with Crippen molar-refractivity contribution < 1.29 is 9.72 Å². The first kappa shape index (κ1) is 15.9. The maximum Gasteiger partial charge on any atom is 0.269 e. The highest BCUT2D eigenvalue weighted by molar-refractivity contribution is 9.12. The Kier molecular flexibility index (Phi) is 5.25. The van der Waals surface area contributed by atoms with Crippen molar-refractivity contribution in [2.75, 3.05) is 0 Å². The number of benzene rings is 2. The molecule has 0 unspecified atom stereocenters. The third-order valence-corrected chi connectivity index (χ3v) is 5.68. The number of Topliss-reactive ketones (excluding diaryl/α,β-unsaturated/α-hetero) is 1. The molecule has 2 rings (SSSR count). The van der Waals surface area contributed by atoms with Gasteiger partial charge in [0, 0.05) is 17.7 Å². The summed E-state index contributed by atoms with van der Waals surface area (Å²) < 4.78 is 0. The molecule has 0 aliphatic heterocycles. The van der Waals surface area contributed by atoms with Gasteiger partial charge in [-0.15, -0.1) is 0 Å². The molecule has 0 aliphatic carbocycles. The maximum absolute atomic E-state index is 12.4. The summed E-state index contributed by atoms with van der Waals surface area (Å²) >= 11 is 6.82. The number of ketones is 1. The number of nitro groups is 1. The number of hydrogen-bond donors (Lipinski definition) is 0. The van der Waals surface area contributed by atoms with Crippen LogP contribution in [0.5, 0.6) is 0 Å². The van der Waals surface area contributed by atoms with E-state index in [4.69, 9.17) is 0 Å². The third kappa shape index (κ3) is 3.77. The van der Waals surface area contributed by atoms with Gasteiger partial charge in [-0.1, -0.05) is 74.3 Å². The molecular formula is C15H11Br2NO3. The molecule has 0 spiro atoms. The number of rotatable bonds is 5. The fraction of sp³-hybridized carbons (Fsp3) is 0.133. The highest BCUT2D eigenvalue weighted by Gasteiger charge is 2.26. The van der Waals surface area contributed by atoms with E-state index < -0.39 is 9.75 Å². The van der Waals surface area contributed by atoms with Crippen LogP contribution in [-0.2, 0) is 0 Å². The molecule has 0 N–H and O–H groups in total. The van der Waals surface area contributed by atoms with Gasteiger partial charge in [0.15, 0.2) is 5.78 Å². The summed E-state index contributed by atoms with van der Waals surface area (Å²) in [5, 5.41) is 10.8. The molecule has 2 atom stereocenters. The number of alkyl halides is 2. The molecule has 0 aliphatic rings. The molecule has 6 heteroatoms. The van der Waals surface area contributed by atoms with E-state index in [1.54, 1.807) is 36.4 Å². The summed E-state index contributed by atoms with van der Waals surface area (Å²) in [6.45, 7) is 0. The van der Waals surface area contributed by atoms with Crippen LogP contribution >= 0.6 is 31.9 Å². The van der Waals surface area contributed by atoms with Crippen LogP contribution in [0.25, 0.3) is 0 Å². The monoisotopic (exact) mass is 411 g/mol. The first-order valence-electron chi connectivity index (χ1n) is 6.12. The molecule has 0 fully saturated rings. The maximum atomic E-state index is 12.4. The van der Waals surface area contributed by atoms with Crippen molar-refractivity contribution in [1.29, 1.82) is 0 Å². The van der Waals surface area contributed by atoms with Crippen LogP contribution in [0, 0.1) is 10.1 Å². The first-order chi connectivity index (χ1) is 10.0. The zero-order valence-corrected chi connectivity index (χ0v) is 14.0. The predicted molar refractivity (Wildman–Crippen MR) is 88.3 cm³/mol. The van der Waals surface area contributed by atoms with Crippen LogP contribution in [0.3, 0.4) is 0 Å². The Hall–Kier alpha value is -1.53. The first-order valence-corrected chi connectivity index (χ1v) is 7.95. The molecule has 0 aromatic heterocycles. The van der Waals surface area contributed by atoms with E-state index in [1.807, 2.05) is 6.07 Å². The minimum Gasteiger partial charge on any atom is -0.293 e. The van der Waals surface area contributed by atoms with Crippen LogP contribution in [0.1, 0.15) is 20.7 Å². The highest BCUT2D eigenvalue weighted by atomic mass is 79.9.